The van der Waals surface area contributed by atoms with E-state index in [1.54, 1.807) is 0 Å². The van der Waals surface area contributed by atoms with Crippen LogP contribution in [0.4, 0.5) is 5.69 Å². The predicted molar refractivity (Wildman–Crippen MR) is 75.5 cm³/mol. The minimum Gasteiger partial charge on any atom is -0.382 e. The summed E-state index contributed by atoms with van der Waals surface area (Å²) in [6, 6.07) is 9.70. The Bertz CT molecular complexity index is 320. The summed E-state index contributed by atoms with van der Waals surface area (Å²) in [4.78, 5) is 0. The molecule has 17 heavy (non-hydrogen) atoms. The van der Waals surface area contributed by atoms with E-state index in [4.69, 9.17) is 0 Å². The number of hydrogen-bond acceptors (Lipinski definition) is 1. The maximum Gasteiger partial charge on any atom is 0.0342 e. The standard InChI is InChI=1S/C16H25N/c1-3-4-14-7-11-16(12-8-14)17-15-9-5-13(2)6-10-15/h7-8,11-13,15,17H,3-6,9-10H2,1-2H3. The third kappa shape index (κ3) is 3.76. The van der Waals surface area contributed by atoms with Gasteiger partial charge in [-0.2, -0.15) is 0 Å². The van der Waals surface area contributed by atoms with E-state index in [2.05, 4.69) is 43.4 Å². The number of hydrogen-bond donors (Lipinski definition) is 1. The average Bonchev–Trinajstić information content (AvgIpc) is 2.35. The monoisotopic (exact) mass is 231 g/mol. The maximum atomic E-state index is 3.67. The Morgan fingerprint density at radius 2 is 1.71 bits per heavy atom. The van der Waals surface area contributed by atoms with E-state index in [9.17, 15) is 0 Å². The summed E-state index contributed by atoms with van der Waals surface area (Å²) in [6.07, 6.45) is 7.85. The van der Waals surface area contributed by atoms with Gasteiger partial charge in [-0.15, -0.1) is 0 Å². The molecule has 1 heteroatoms. The Morgan fingerprint density at radius 1 is 1.06 bits per heavy atom. The second kappa shape index (κ2) is 6.09. The van der Waals surface area contributed by atoms with Crippen molar-refractivity contribution in [3.63, 3.8) is 0 Å². The zero-order valence-electron chi connectivity index (χ0n) is 11.2. The Morgan fingerprint density at radius 3 is 2.29 bits per heavy atom. The Kier molecular flexibility index (Phi) is 4.47. The summed E-state index contributed by atoms with van der Waals surface area (Å²) in [6.45, 7) is 4.60. The van der Waals surface area contributed by atoms with Crippen LogP contribution in [-0.2, 0) is 6.42 Å². The van der Waals surface area contributed by atoms with Crippen LogP contribution in [0, 0.1) is 5.92 Å². The van der Waals surface area contributed by atoms with Crippen LogP contribution in [0.1, 0.15) is 51.5 Å². The van der Waals surface area contributed by atoms with Crippen LogP contribution in [0.5, 0.6) is 0 Å². The number of nitrogens with one attached hydrogen (secondary N) is 1. The molecule has 0 radical (unpaired) electrons. The van der Waals surface area contributed by atoms with Gasteiger partial charge in [-0.1, -0.05) is 32.4 Å². The molecule has 1 aliphatic rings. The van der Waals surface area contributed by atoms with Crippen molar-refractivity contribution in [1.82, 2.24) is 0 Å². The van der Waals surface area contributed by atoms with Gasteiger partial charge in [-0.3, -0.25) is 0 Å². The van der Waals surface area contributed by atoms with Crippen molar-refractivity contribution in [3.05, 3.63) is 29.8 Å². The SMILES string of the molecule is CCCc1ccc(NC2CCC(C)CC2)cc1. The van der Waals surface area contributed by atoms with Gasteiger partial charge >= 0.3 is 0 Å². The van der Waals surface area contributed by atoms with Crippen LogP contribution in [-0.4, -0.2) is 6.04 Å². The molecule has 2 rings (SSSR count). The molecular weight excluding hydrogens is 206 g/mol. The fourth-order valence-electron chi connectivity index (χ4n) is 2.70. The molecule has 1 N–H and O–H groups in total. The molecule has 1 aromatic carbocycles. The third-order valence-electron chi connectivity index (χ3n) is 3.88. The quantitative estimate of drug-likeness (QED) is 0.796. The fourth-order valence-corrected chi connectivity index (χ4v) is 2.70. The van der Waals surface area contributed by atoms with Gasteiger partial charge < -0.3 is 5.32 Å². The van der Waals surface area contributed by atoms with Crippen molar-refractivity contribution in [1.29, 1.82) is 0 Å². The van der Waals surface area contributed by atoms with Crippen LogP contribution in [0.2, 0.25) is 0 Å². The molecule has 94 valence electrons. The molecule has 1 aliphatic carbocycles. The highest BCUT2D eigenvalue weighted by molar-refractivity contribution is 5.45. The molecule has 0 unspecified atom stereocenters. The van der Waals surface area contributed by atoms with Crippen molar-refractivity contribution in [3.8, 4) is 0 Å². The van der Waals surface area contributed by atoms with Crippen LogP contribution in [0.15, 0.2) is 24.3 Å². The van der Waals surface area contributed by atoms with E-state index in [1.807, 2.05) is 0 Å². The van der Waals surface area contributed by atoms with Gasteiger partial charge in [-0.25, -0.2) is 0 Å². The van der Waals surface area contributed by atoms with Crippen molar-refractivity contribution in [2.24, 2.45) is 5.92 Å². The number of aryl methyl sites for hydroxylation is 1. The molecule has 0 saturated heterocycles. The van der Waals surface area contributed by atoms with Gasteiger partial charge in [-0.05, 0) is 55.7 Å². The minimum atomic E-state index is 0.697. The number of anilines is 1. The Hall–Kier alpha value is -0.980. The highest BCUT2D eigenvalue weighted by Crippen LogP contribution is 2.26. The van der Waals surface area contributed by atoms with Gasteiger partial charge in [0.2, 0.25) is 0 Å². The third-order valence-corrected chi connectivity index (χ3v) is 3.88. The topological polar surface area (TPSA) is 12.0 Å². The molecule has 0 spiro atoms. The summed E-state index contributed by atoms with van der Waals surface area (Å²) in [5.74, 6) is 0.931. The molecular formula is C16H25N. The lowest BCUT2D eigenvalue weighted by molar-refractivity contribution is 0.361. The first-order valence-corrected chi connectivity index (χ1v) is 7.13. The highest BCUT2D eigenvalue weighted by atomic mass is 14.9. The average molecular weight is 231 g/mol. The fraction of sp³-hybridized carbons (Fsp3) is 0.625. The molecule has 0 aromatic heterocycles. The second-order valence-electron chi connectivity index (χ2n) is 5.55. The first-order chi connectivity index (χ1) is 8.28. The van der Waals surface area contributed by atoms with Crippen molar-refractivity contribution < 1.29 is 0 Å². The minimum absolute atomic E-state index is 0.697. The lowest BCUT2D eigenvalue weighted by Crippen LogP contribution is -2.25. The van der Waals surface area contributed by atoms with Gasteiger partial charge in [0.05, 0.1) is 0 Å². The van der Waals surface area contributed by atoms with E-state index in [0.717, 1.165) is 5.92 Å². The molecule has 0 amide bonds. The van der Waals surface area contributed by atoms with E-state index in [1.165, 1.54) is 49.8 Å². The summed E-state index contributed by atoms with van der Waals surface area (Å²) < 4.78 is 0. The largest absolute Gasteiger partial charge is 0.382 e. The highest BCUT2D eigenvalue weighted by Gasteiger charge is 2.17. The van der Waals surface area contributed by atoms with E-state index in [-0.39, 0.29) is 0 Å². The van der Waals surface area contributed by atoms with Crippen LogP contribution in [0.25, 0.3) is 0 Å². The lowest BCUT2D eigenvalue weighted by Gasteiger charge is -2.27. The van der Waals surface area contributed by atoms with Crippen LogP contribution < -0.4 is 5.32 Å². The van der Waals surface area contributed by atoms with Gasteiger partial charge in [0.15, 0.2) is 0 Å². The molecule has 1 aromatic rings. The van der Waals surface area contributed by atoms with E-state index < -0.39 is 0 Å². The van der Waals surface area contributed by atoms with Crippen molar-refractivity contribution >= 4 is 5.69 Å². The molecule has 0 heterocycles. The molecule has 0 atom stereocenters. The Labute approximate surface area is 106 Å². The van der Waals surface area contributed by atoms with Crippen LogP contribution in [0.3, 0.4) is 0 Å². The summed E-state index contributed by atoms with van der Waals surface area (Å²) in [5.41, 5.74) is 2.75. The summed E-state index contributed by atoms with van der Waals surface area (Å²) in [7, 11) is 0. The van der Waals surface area contributed by atoms with E-state index in [0.29, 0.717) is 6.04 Å². The second-order valence-corrected chi connectivity index (χ2v) is 5.55. The normalized spacial score (nSPS) is 24.6. The van der Waals surface area contributed by atoms with Crippen LogP contribution >= 0.6 is 0 Å². The molecule has 1 fully saturated rings. The molecule has 1 nitrogen and oxygen atoms in total. The van der Waals surface area contributed by atoms with Gasteiger partial charge in [0.1, 0.15) is 0 Å². The predicted octanol–water partition coefficient (Wildman–Crippen LogP) is 4.63. The zero-order valence-corrected chi connectivity index (χ0v) is 11.2. The molecule has 0 aliphatic heterocycles. The smallest absolute Gasteiger partial charge is 0.0342 e. The maximum absolute atomic E-state index is 3.67. The first-order valence-electron chi connectivity index (χ1n) is 7.13. The number of rotatable bonds is 4. The molecule has 1 saturated carbocycles. The van der Waals surface area contributed by atoms with Gasteiger partial charge in [0.25, 0.3) is 0 Å². The lowest BCUT2D eigenvalue weighted by atomic mass is 9.87. The van der Waals surface area contributed by atoms with Crippen molar-refractivity contribution in [2.75, 3.05) is 5.32 Å². The number of benzene rings is 1. The van der Waals surface area contributed by atoms with Crippen molar-refractivity contribution in [2.45, 2.75) is 58.4 Å². The zero-order chi connectivity index (χ0) is 12.1. The molecule has 0 bridgehead atoms. The van der Waals surface area contributed by atoms with Gasteiger partial charge in [0, 0.05) is 11.7 Å². The van der Waals surface area contributed by atoms with E-state index >= 15 is 0 Å². The summed E-state index contributed by atoms with van der Waals surface area (Å²) in [5, 5.41) is 3.67. The first kappa shape index (κ1) is 12.5. The summed E-state index contributed by atoms with van der Waals surface area (Å²) >= 11 is 0. The Balaban J connectivity index is 1.86.